The van der Waals surface area contributed by atoms with E-state index in [4.69, 9.17) is 4.52 Å². The van der Waals surface area contributed by atoms with Crippen LogP contribution in [0.1, 0.15) is 33.0 Å². The van der Waals surface area contributed by atoms with Gasteiger partial charge in [0, 0.05) is 11.5 Å². The zero-order valence-corrected chi connectivity index (χ0v) is 15.3. The standard InChI is InChI=1S/C17H18F2N4O2S/c1-17(2,3)12-8-14(25-22-12)21-13(24)9-26-16-20-10-6-4-5-7-11(10)23(16)15(18)19/h4-8,15H,9H2,1-3H3,(H,21,24). The van der Waals surface area contributed by atoms with E-state index in [1.54, 1.807) is 30.3 Å². The number of halogens is 2. The predicted molar refractivity (Wildman–Crippen MR) is 95.5 cm³/mol. The fourth-order valence-corrected chi connectivity index (χ4v) is 3.12. The van der Waals surface area contributed by atoms with Gasteiger partial charge in [0.15, 0.2) is 5.16 Å². The minimum absolute atomic E-state index is 0.0818. The highest BCUT2D eigenvalue weighted by atomic mass is 32.2. The van der Waals surface area contributed by atoms with E-state index in [-0.39, 0.29) is 28.1 Å². The first-order valence-electron chi connectivity index (χ1n) is 7.90. The minimum Gasteiger partial charge on any atom is -0.338 e. The second kappa shape index (κ2) is 7.06. The van der Waals surface area contributed by atoms with Gasteiger partial charge >= 0.3 is 6.55 Å². The minimum atomic E-state index is -2.74. The summed E-state index contributed by atoms with van der Waals surface area (Å²) in [6, 6.07) is 8.27. The molecule has 0 radical (unpaired) electrons. The van der Waals surface area contributed by atoms with Gasteiger partial charge in [-0.1, -0.05) is 49.8 Å². The van der Waals surface area contributed by atoms with Gasteiger partial charge in [-0.3, -0.25) is 14.7 Å². The fraction of sp³-hybridized carbons (Fsp3) is 0.353. The lowest BCUT2D eigenvalue weighted by atomic mass is 9.92. The summed E-state index contributed by atoms with van der Waals surface area (Å²) in [5.74, 6) is -0.246. The quantitative estimate of drug-likeness (QED) is 0.662. The molecular weight excluding hydrogens is 362 g/mol. The van der Waals surface area contributed by atoms with Crippen LogP contribution in [0.4, 0.5) is 14.7 Å². The number of hydrogen-bond donors (Lipinski definition) is 1. The van der Waals surface area contributed by atoms with Gasteiger partial charge in [0.25, 0.3) is 0 Å². The molecular formula is C17H18F2N4O2S. The molecule has 0 spiro atoms. The van der Waals surface area contributed by atoms with Crippen molar-refractivity contribution in [3.63, 3.8) is 0 Å². The molecule has 0 aliphatic carbocycles. The fourth-order valence-electron chi connectivity index (χ4n) is 2.30. The summed E-state index contributed by atoms with van der Waals surface area (Å²) in [4.78, 5) is 16.3. The number of fused-ring (bicyclic) bond motifs is 1. The van der Waals surface area contributed by atoms with Crippen molar-refractivity contribution < 1.29 is 18.1 Å². The summed E-state index contributed by atoms with van der Waals surface area (Å²) in [6.07, 6.45) is 0. The maximum atomic E-state index is 13.4. The molecule has 2 aromatic heterocycles. The van der Waals surface area contributed by atoms with Gasteiger partial charge in [-0.05, 0) is 12.1 Å². The number of thioether (sulfide) groups is 1. The van der Waals surface area contributed by atoms with Crippen molar-refractivity contribution in [1.82, 2.24) is 14.7 Å². The summed E-state index contributed by atoms with van der Waals surface area (Å²) in [5, 5.41) is 6.57. The van der Waals surface area contributed by atoms with Crippen LogP contribution in [-0.4, -0.2) is 26.4 Å². The van der Waals surface area contributed by atoms with E-state index < -0.39 is 6.55 Å². The van der Waals surface area contributed by atoms with E-state index in [1.165, 1.54) is 0 Å². The number of aromatic nitrogens is 3. The monoisotopic (exact) mass is 380 g/mol. The number of alkyl halides is 2. The first-order chi connectivity index (χ1) is 12.3. The second-order valence-electron chi connectivity index (χ2n) is 6.69. The number of carbonyl (C=O) groups excluding carboxylic acids is 1. The largest absolute Gasteiger partial charge is 0.338 e. The highest BCUT2D eigenvalue weighted by Gasteiger charge is 2.21. The Morgan fingerprint density at radius 2 is 2.08 bits per heavy atom. The first kappa shape index (κ1) is 18.4. The van der Waals surface area contributed by atoms with Crippen molar-refractivity contribution in [2.24, 2.45) is 0 Å². The van der Waals surface area contributed by atoms with Crippen LogP contribution in [-0.2, 0) is 10.2 Å². The van der Waals surface area contributed by atoms with Gasteiger partial charge in [0.1, 0.15) is 0 Å². The summed E-state index contributed by atoms with van der Waals surface area (Å²) in [5.41, 5.74) is 1.29. The Kier molecular flexibility index (Phi) is 4.99. The van der Waals surface area contributed by atoms with Crippen LogP contribution in [0.3, 0.4) is 0 Å². The maximum Gasteiger partial charge on any atom is 0.321 e. The third kappa shape index (κ3) is 3.87. The Morgan fingerprint density at radius 3 is 2.73 bits per heavy atom. The van der Waals surface area contributed by atoms with E-state index >= 15 is 0 Å². The van der Waals surface area contributed by atoms with Crippen molar-refractivity contribution in [2.75, 3.05) is 11.1 Å². The maximum absolute atomic E-state index is 13.4. The number of para-hydroxylation sites is 2. The lowest BCUT2D eigenvalue weighted by Crippen LogP contribution is -2.14. The van der Waals surface area contributed by atoms with Gasteiger partial charge in [-0.25, -0.2) is 4.98 Å². The molecule has 1 aromatic carbocycles. The number of nitrogens with zero attached hydrogens (tertiary/aromatic N) is 3. The third-order valence-electron chi connectivity index (χ3n) is 3.63. The van der Waals surface area contributed by atoms with Crippen molar-refractivity contribution in [1.29, 1.82) is 0 Å². The van der Waals surface area contributed by atoms with Gasteiger partial charge in [-0.15, -0.1) is 0 Å². The van der Waals surface area contributed by atoms with Crippen LogP contribution in [0.2, 0.25) is 0 Å². The molecule has 0 saturated carbocycles. The molecule has 2 heterocycles. The van der Waals surface area contributed by atoms with Crippen LogP contribution < -0.4 is 5.32 Å². The van der Waals surface area contributed by atoms with E-state index in [9.17, 15) is 13.6 Å². The van der Waals surface area contributed by atoms with E-state index in [0.29, 0.717) is 16.7 Å². The smallest absolute Gasteiger partial charge is 0.321 e. The topological polar surface area (TPSA) is 73.0 Å². The molecule has 1 amide bonds. The Bertz CT molecular complexity index is 930. The molecule has 0 saturated heterocycles. The molecule has 0 aliphatic rings. The molecule has 9 heteroatoms. The molecule has 138 valence electrons. The Morgan fingerprint density at radius 1 is 1.35 bits per heavy atom. The van der Waals surface area contributed by atoms with Crippen LogP contribution in [0.25, 0.3) is 11.0 Å². The van der Waals surface area contributed by atoms with Crippen LogP contribution in [0.5, 0.6) is 0 Å². The number of nitrogens with one attached hydrogen (secondary N) is 1. The number of rotatable bonds is 5. The SMILES string of the molecule is CC(C)(C)c1cc(NC(=O)CSc2nc3ccccc3n2C(F)F)on1. The zero-order chi connectivity index (χ0) is 18.9. The van der Waals surface area contributed by atoms with Gasteiger partial charge in [-0.2, -0.15) is 8.78 Å². The third-order valence-corrected chi connectivity index (χ3v) is 4.58. The van der Waals surface area contributed by atoms with Gasteiger partial charge in [0.2, 0.25) is 11.8 Å². The van der Waals surface area contributed by atoms with E-state index in [0.717, 1.165) is 16.3 Å². The normalized spacial score (nSPS) is 12.1. The van der Waals surface area contributed by atoms with Crippen molar-refractivity contribution in [3.8, 4) is 0 Å². The Hall–Kier alpha value is -2.42. The van der Waals surface area contributed by atoms with Gasteiger partial charge < -0.3 is 4.52 Å². The number of carbonyl (C=O) groups is 1. The van der Waals surface area contributed by atoms with E-state index in [1.807, 2.05) is 20.8 Å². The summed E-state index contributed by atoms with van der Waals surface area (Å²) < 4.78 is 32.6. The van der Waals surface area contributed by atoms with Crippen molar-refractivity contribution in [2.45, 2.75) is 37.9 Å². The first-order valence-corrected chi connectivity index (χ1v) is 8.89. The van der Waals surface area contributed by atoms with Crippen LogP contribution in [0.15, 0.2) is 40.0 Å². The molecule has 1 N–H and O–H groups in total. The molecule has 0 unspecified atom stereocenters. The second-order valence-corrected chi connectivity index (χ2v) is 7.64. The molecule has 3 aromatic rings. The lowest BCUT2D eigenvalue weighted by Gasteiger charge is -2.12. The Labute approximate surface area is 152 Å². The Balaban J connectivity index is 1.69. The average molecular weight is 380 g/mol. The van der Waals surface area contributed by atoms with Gasteiger partial charge in [0.05, 0.1) is 22.5 Å². The van der Waals surface area contributed by atoms with Crippen LogP contribution in [0, 0.1) is 0 Å². The van der Waals surface area contributed by atoms with Crippen molar-refractivity contribution >= 4 is 34.6 Å². The average Bonchev–Trinajstić information content (AvgIpc) is 3.16. The summed E-state index contributed by atoms with van der Waals surface area (Å²) in [7, 11) is 0. The van der Waals surface area contributed by atoms with E-state index in [2.05, 4.69) is 15.5 Å². The highest BCUT2D eigenvalue weighted by Crippen LogP contribution is 2.29. The summed E-state index contributed by atoms with van der Waals surface area (Å²) in [6.45, 7) is 3.18. The molecule has 0 atom stereocenters. The molecule has 0 aliphatic heterocycles. The zero-order valence-electron chi connectivity index (χ0n) is 14.5. The molecule has 0 fully saturated rings. The molecule has 6 nitrogen and oxygen atoms in total. The highest BCUT2D eigenvalue weighted by molar-refractivity contribution is 7.99. The predicted octanol–water partition coefficient (Wildman–Crippen LogP) is 4.45. The number of imidazole rings is 1. The molecule has 3 rings (SSSR count). The number of anilines is 1. The van der Waals surface area contributed by atoms with Crippen molar-refractivity contribution in [3.05, 3.63) is 36.0 Å². The van der Waals surface area contributed by atoms with Crippen LogP contribution >= 0.6 is 11.8 Å². The number of hydrogen-bond acceptors (Lipinski definition) is 5. The molecule has 26 heavy (non-hydrogen) atoms. The summed E-state index contributed by atoms with van der Waals surface area (Å²) >= 11 is 0.939. The number of amides is 1. The molecule has 0 bridgehead atoms. The lowest BCUT2D eigenvalue weighted by molar-refractivity contribution is -0.113. The number of benzene rings is 1.